The molecule has 1 N–H and O–H groups in total. The Morgan fingerprint density at radius 2 is 1.87 bits per heavy atom. The highest BCUT2D eigenvalue weighted by molar-refractivity contribution is 6.18. The van der Waals surface area contributed by atoms with Gasteiger partial charge in [-0.15, -0.1) is 11.6 Å². The Kier molecular flexibility index (Phi) is 5.74. The molecule has 1 atom stereocenters. The molecular formula is C13H20ClN. The number of halogens is 1. The fraction of sp³-hybridized carbons (Fsp3) is 0.538. The van der Waals surface area contributed by atoms with Crippen molar-refractivity contribution in [2.24, 2.45) is 5.92 Å². The van der Waals surface area contributed by atoms with Crippen molar-refractivity contribution in [1.29, 1.82) is 0 Å². The van der Waals surface area contributed by atoms with E-state index in [1.54, 1.807) is 0 Å². The molecule has 84 valence electrons. The second-order valence-corrected chi connectivity index (χ2v) is 4.50. The highest BCUT2D eigenvalue weighted by atomic mass is 35.5. The van der Waals surface area contributed by atoms with Gasteiger partial charge in [-0.1, -0.05) is 44.2 Å². The van der Waals surface area contributed by atoms with Crippen LogP contribution < -0.4 is 5.32 Å². The molecule has 0 amide bonds. The van der Waals surface area contributed by atoms with Gasteiger partial charge in [-0.05, 0) is 24.4 Å². The van der Waals surface area contributed by atoms with Gasteiger partial charge in [0.1, 0.15) is 0 Å². The Morgan fingerprint density at radius 3 is 2.40 bits per heavy atom. The van der Waals surface area contributed by atoms with E-state index in [1.807, 2.05) is 6.07 Å². The fourth-order valence-corrected chi connectivity index (χ4v) is 1.98. The zero-order valence-electron chi connectivity index (χ0n) is 9.54. The van der Waals surface area contributed by atoms with Gasteiger partial charge in [0.2, 0.25) is 0 Å². The molecule has 0 bridgehead atoms. The van der Waals surface area contributed by atoms with E-state index in [9.17, 15) is 0 Å². The smallest absolute Gasteiger partial charge is 0.0379 e. The number of nitrogens with one attached hydrogen (secondary N) is 1. The Balaban J connectivity index is 2.27. The maximum Gasteiger partial charge on any atom is 0.0379 e. The van der Waals surface area contributed by atoms with Crippen molar-refractivity contribution in [2.75, 3.05) is 12.4 Å². The van der Waals surface area contributed by atoms with E-state index in [0.29, 0.717) is 17.8 Å². The summed E-state index contributed by atoms with van der Waals surface area (Å²) in [5, 5.41) is 3.49. The zero-order valence-corrected chi connectivity index (χ0v) is 10.3. The van der Waals surface area contributed by atoms with Crippen LogP contribution in [0.15, 0.2) is 30.3 Å². The first kappa shape index (κ1) is 12.5. The van der Waals surface area contributed by atoms with E-state index < -0.39 is 0 Å². The van der Waals surface area contributed by atoms with Crippen molar-refractivity contribution < 1.29 is 0 Å². The summed E-state index contributed by atoms with van der Waals surface area (Å²) in [4.78, 5) is 0. The predicted molar refractivity (Wildman–Crippen MR) is 67.5 cm³/mol. The van der Waals surface area contributed by atoms with E-state index in [4.69, 9.17) is 11.6 Å². The van der Waals surface area contributed by atoms with Crippen LogP contribution in [0.4, 0.5) is 0 Å². The summed E-state index contributed by atoms with van der Waals surface area (Å²) in [6.07, 6.45) is 1.07. The monoisotopic (exact) mass is 225 g/mol. The van der Waals surface area contributed by atoms with E-state index in [0.717, 1.165) is 13.0 Å². The first-order valence-electron chi connectivity index (χ1n) is 5.57. The van der Waals surface area contributed by atoms with E-state index >= 15 is 0 Å². The van der Waals surface area contributed by atoms with Gasteiger partial charge in [-0.25, -0.2) is 0 Å². The van der Waals surface area contributed by atoms with E-state index in [1.165, 1.54) is 5.56 Å². The molecule has 1 aromatic rings. The van der Waals surface area contributed by atoms with Gasteiger partial charge in [0.15, 0.2) is 0 Å². The maximum absolute atomic E-state index is 5.88. The molecule has 0 spiro atoms. The molecular weight excluding hydrogens is 206 g/mol. The Bertz CT molecular complexity index is 258. The number of hydrogen-bond donors (Lipinski definition) is 1. The van der Waals surface area contributed by atoms with Crippen LogP contribution in [-0.4, -0.2) is 18.5 Å². The van der Waals surface area contributed by atoms with Gasteiger partial charge < -0.3 is 5.32 Å². The number of alkyl halides is 1. The molecule has 1 unspecified atom stereocenters. The summed E-state index contributed by atoms with van der Waals surface area (Å²) in [5.41, 5.74) is 1.38. The molecule has 2 heteroatoms. The minimum atomic E-state index is 0.426. The number of benzene rings is 1. The van der Waals surface area contributed by atoms with Gasteiger partial charge in [0.25, 0.3) is 0 Å². The lowest BCUT2D eigenvalue weighted by Crippen LogP contribution is -2.36. The van der Waals surface area contributed by atoms with Crippen LogP contribution in [-0.2, 0) is 6.42 Å². The molecule has 0 aliphatic heterocycles. The minimum absolute atomic E-state index is 0.426. The van der Waals surface area contributed by atoms with Crippen molar-refractivity contribution in [3.05, 3.63) is 35.9 Å². The van der Waals surface area contributed by atoms with E-state index in [-0.39, 0.29) is 0 Å². The highest BCUT2D eigenvalue weighted by Gasteiger charge is 2.10. The molecule has 15 heavy (non-hydrogen) atoms. The first-order chi connectivity index (χ1) is 7.24. The van der Waals surface area contributed by atoms with Crippen molar-refractivity contribution in [1.82, 2.24) is 5.32 Å². The molecule has 0 saturated heterocycles. The Hall–Kier alpha value is -0.530. The van der Waals surface area contributed by atoms with E-state index in [2.05, 4.69) is 43.4 Å². The average molecular weight is 226 g/mol. The number of rotatable bonds is 6. The first-order valence-corrected chi connectivity index (χ1v) is 6.10. The molecule has 0 radical (unpaired) electrons. The standard InChI is InChI=1S/C13H20ClN/c1-11(2)13(10-14)15-9-8-12-6-4-3-5-7-12/h3-7,11,13,15H,8-10H2,1-2H3. The second-order valence-electron chi connectivity index (χ2n) is 4.19. The summed E-state index contributed by atoms with van der Waals surface area (Å²) >= 11 is 5.88. The number of hydrogen-bond acceptors (Lipinski definition) is 1. The molecule has 0 heterocycles. The van der Waals surface area contributed by atoms with Crippen molar-refractivity contribution in [2.45, 2.75) is 26.3 Å². The third-order valence-corrected chi connectivity index (χ3v) is 2.97. The zero-order chi connectivity index (χ0) is 11.1. The third kappa shape index (κ3) is 4.67. The summed E-state index contributed by atoms with van der Waals surface area (Å²) in [6, 6.07) is 11.0. The fourth-order valence-electron chi connectivity index (χ4n) is 1.52. The van der Waals surface area contributed by atoms with Crippen molar-refractivity contribution >= 4 is 11.6 Å². The molecule has 0 saturated carbocycles. The van der Waals surface area contributed by atoms with Gasteiger partial charge in [-0.2, -0.15) is 0 Å². The van der Waals surface area contributed by atoms with Gasteiger partial charge in [0, 0.05) is 11.9 Å². The highest BCUT2D eigenvalue weighted by Crippen LogP contribution is 2.04. The third-order valence-electron chi connectivity index (χ3n) is 2.63. The van der Waals surface area contributed by atoms with Crippen molar-refractivity contribution in [3.8, 4) is 0 Å². The SMILES string of the molecule is CC(C)C(CCl)NCCc1ccccc1. The van der Waals surface area contributed by atoms with Gasteiger partial charge in [0.05, 0.1) is 0 Å². The molecule has 0 fully saturated rings. The van der Waals surface area contributed by atoms with Gasteiger partial charge in [-0.3, -0.25) is 0 Å². The summed E-state index contributed by atoms with van der Waals surface area (Å²) < 4.78 is 0. The quantitative estimate of drug-likeness (QED) is 0.734. The van der Waals surface area contributed by atoms with Crippen LogP contribution in [0.3, 0.4) is 0 Å². The molecule has 1 nitrogen and oxygen atoms in total. The van der Waals surface area contributed by atoms with Gasteiger partial charge >= 0.3 is 0 Å². The van der Waals surface area contributed by atoms with Crippen molar-refractivity contribution in [3.63, 3.8) is 0 Å². The topological polar surface area (TPSA) is 12.0 Å². The lowest BCUT2D eigenvalue weighted by molar-refractivity contribution is 0.434. The molecule has 1 rings (SSSR count). The second kappa shape index (κ2) is 6.86. The average Bonchev–Trinajstić information content (AvgIpc) is 2.25. The van der Waals surface area contributed by atoms with Crippen LogP contribution in [0.25, 0.3) is 0 Å². The van der Waals surface area contributed by atoms with Crippen LogP contribution >= 0.6 is 11.6 Å². The lowest BCUT2D eigenvalue weighted by atomic mass is 10.1. The van der Waals surface area contributed by atoms with Crippen LogP contribution in [0, 0.1) is 5.92 Å². The van der Waals surface area contributed by atoms with Crippen LogP contribution in [0.2, 0.25) is 0 Å². The normalized spacial score (nSPS) is 13.1. The lowest BCUT2D eigenvalue weighted by Gasteiger charge is -2.19. The largest absolute Gasteiger partial charge is 0.312 e. The molecule has 1 aromatic carbocycles. The molecule has 0 aromatic heterocycles. The predicted octanol–water partition coefficient (Wildman–Crippen LogP) is 3.08. The Morgan fingerprint density at radius 1 is 1.20 bits per heavy atom. The summed E-state index contributed by atoms with van der Waals surface area (Å²) in [5.74, 6) is 1.28. The van der Waals surface area contributed by atoms with Crippen LogP contribution in [0.5, 0.6) is 0 Å². The Labute approximate surface area is 97.8 Å². The maximum atomic E-state index is 5.88. The van der Waals surface area contributed by atoms with Crippen LogP contribution in [0.1, 0.15) is 19.4 Å². The molecule has 0 aliphatic carbocycles. The summed E-state index contributed by atoms with van der Waals surface area (Å²) in [6.45, 7) is 5.39. The minimum Gasteiger partial charge on any atom is -0.312 e. The molecule has 0 aliphatic rings. The summed E-state index contributed by atoms with van der Waals surface area (Å²) in [7, 11) is 0.